The molecule has 1 atom stereocenters. The molecule has 0 radical (unpaired) electrons. The number of nitrogens with zero attached hydrogens (tertiary/aromatic N) is 2. The van der Waals surface area contributed by atoms with Gasteiger partial charge in [0.2, 0.25) is 0 Å². The molecule has 4 rings (SSSR count). The number of hydrogen-bond acceptors (Lipinski definition) is 8. The van der Waals surface area contributed by atoms with Crippen LogP contribution in [0.3, 0.4) is 0 Å². The summed E-state index contributed by atoms with van der Waals surface area (Å²) in [7, 11) is 1.54. The van der Waals surface area contributed by atoms with Crippen LogP contribution in [0, 0.1) is 0 Å². The summed E-state index contributed by atoms with van der Waals surface area (Å²) >= 11 is 4.72. The number of methoxy groups -OCH3 is 1. The van der Waals surface area contributed by atoms with Crippen LogP contribution >= 0.6 is 27.3 Å². The monoisotopic (exact) mass is 586 g/mol. The highest BCUT2D eigenvalue weighted by Gasteiger charge is 2.35. The molecule has 10 heteroatoms. The fraction of sp³-hybridized carbons (Fsp3) is 0.296. The van der Waals surface area contributed by atoms with Gasteiger partial charge in [-0.2, -0.15) is 0 Å². The van der Waals surface area contributed by atoms with Gasteiger partial charge in [0.05, 0.1) is 35.6 Å². The highest BCUT2D eigenvalue weighted by atomic mass is 79.9. The Bertz CT molecular complexity index is 1570. The molecule has 2 aromatic carbocycles. The van der Waals surface area contributed by atoms with Crippen molar-refractivity contribution in [2.24, 2.45) is 4.99 Å². The van der Waals surface area contributed by atoms with Gasteiger partial charge in [0.1, 0.15) is 11.8 Å². The first-order chi connectivity index (χ1) is 17.6. The number of fused-ring (bicyclic) bond motifs is 1. The van der Waals surface area contributed by atoms with Crippen molar-refractivity contribution in [3.05, 3.63) is 83.0 Å². The fourth-order valence-electron chi connectivity index (χ4n) is 4.12. The first-order valence-electron chi connectivity index (χ1n) is 11.7. The molecule has 0 amide bonds. The molecule has 0 saturated heterocycles. The van der Waals surface area contributed by atoms with E-state index in [2.05, 4.69) is 20.9 Å². The lowest BCUT2D eigenvalue weighted by molar-refractivity contribution is -0.143. The number of benzene rings is 2. The lowest BCUT2D eigenvalue weighted by Crippen LogP contribution is -2.40. The van der Waals surface area contributed by atoms with Crippen LogP contribution in [0.2, 0.25) is 0 Å². The molecule has 0 spiro atoms. The minimum Gasteiger partial charge on any atom is -0.504 e. The van der Waals surface area contributed by atoms with Crippen LogP contribution in [0.25, 0.3) is 6.08 Å². The number of phenolic OH excluding ortho intramolecular Hbond substituents is 1. The lowest BCUT2D eigenvalue weighted by atomic mass is 9.95. The van der Waals surface area contributed by atoms with E-state index in [0.29, 0.717) is 44.3 Å². The third kappa shape index (κ3) is 5.35. The van der Waals surface area contributed by atoms with Gasteiger partial charge in [0.25, 0.3) is 5.56 Å². The molecule has 0 unspecified atom stereocenters. The Labute approximate surface area is 226 Å². The summed E-state index contributed by atoms with van der Waals surface area (Å²) in [6, 6.07) is 9.51. The molecular formula is C27H27BrN2O6S. The van der Waals surface area contributed by atoms with Gasteiger partial charge in [-0.3, -0.25) is 9.36 Å². The summed E-state index contributed by atoms with van der Waals surface area (Å²) in [5, 5.41) is 10.0. The quantitative estimate of drug-likeness (QED) is 0.419. The molecule has 0 bridgehead atoms. The van der Waals surface area contributed by atoms with Crippen molar-refractivity contribution in [2.75, 3.05) is 13.7 Å². The highest BCUT2D eigenvalue weighted by molar-refractivity contribution is 9.10. The zero-order chi connectivity index (χ0) is 26.9. The van der Waals surface area contributed by atoms with Gasteiger partial charge >= 0.3 is 5.97 Å². The van der Waals surface area contributed by atoms with Crippen molar-refractivity contribution in [1.82, 2.24) is 4.57 Å². The summed E-state index contributed by atoms with van der Waals surface area (Å²) in [5.41, 5.74) is 1.72. The molecule has 8 nitrogen and oxygen atoms in total. The minimum atomic E-state index is -0.809. The summed E-state index contributed by atoms with van der Waals surface area (Å²) in [4.78, 5) is 32.2. The van der Waals surface area contributed by atoms with Crippen molar-refractivity contribution >= 4 is 39.3 Å². The Morgan fingerprint density at radius 3 is 2.68 bits per heavy atom. The second kappa shape index (κ2) is 10.9. The zero-order valence-corrected chi connectivity index (χ0v) is 23.5. The van der Waals surface area contributed by atoms with E-state index < -0.39 is 12.0 Å². The molecular weight excluding hydrogens is 560 g/mol. The van der Waals surface area contributed by atoms with Gasteiger partial charge in [0.15, 0.2) is 16.3 Å². The number of allylic oxidation sites excluding steroid dienone is 1. The van der Waals surface area contributed by atoms with E-state index in [1.165, 1.54) is 22.0 Å². The first kappa shape index (κ1) is 26.7. The summed E-state index contributed by atoms with van der Waals surface area (Å²) < 4.78 is 19.3. The number of aromatic hydroxyl groups is 1. The number of halogens is 1. The second-order valence-corrected chi connectivity index (χ2v) is 10.5. The van der Waals surface area contributed by atoms with Gasteiger partial charge in [-0.1, -0.05) is 33.3 Å². The number of phenols is 1. The number of ether oxygens (including phenoxy) is 3. The number of carbonyl (C=O) groups excluding carboxylic acids is 1. The maximum Gasteiger partial charge on any atom is 0.338 e. The predicted octanol–water partition coefficient (Wildman–Crippen LogP) is 4.06. The SMILES string of the molecule is CCOc1cc(/C=c2\sc3n(c2=O)[C@@H](c2cc(Br)ccc2OC)C(C(=O)OC(C)C)=C(C)N=3)ccc1O. The van der Waals surface area contributed by atoms with Crippen LogP contribution in [-0.2, 0) is 9.53 Å². The molecule has 1 aliphatic rings. The van der Waals surface area contributed by atoms with Gasteiger partial charge in [-0.15, -0.1) is 0 Å². The molecule has 1 aromatic heterocycles. The first-order valence-corrected chi connectivity index (χ1v) is 13.3. The average molecular weight is 587 g/mol. The van der Waals surface area contributed by atoms with Crippen molar-refractivity contribution in [3.63, 3.8) is 0 Å². The number of hydrogen-bond donors (Lipinski definition) is 1. The Hall–Kier alpha value is -3.37. The van der Waals surface area contributed by atoms with E-state index in [0.717, 1.165) is 4.47 Å². The summed E-state index contributed by atoms with van der Waals surface area (Å²) in [6.45, 7) is 7.49. The molecule has 1 aliphatic heterocycles. The molecule has 0 aliphatic carbocycles. The molecule has 37 heavy (non-hydrogen) atoms. The number of thiazole rings is 1. The van der Waals surface area contributed by atoms with Crippen molar-refractivity contribution < 1.29 is 24.1 Å². The van der Waals surface area contributed by atoms with E-state index >= 15 is 0 Å². The molecule has 194 valence electrons. The summed E-state index contributed by atoms with van der Waals surface area (Å²) in [5.74, 6) is 0.325. The Morgan fingerprint density at radius 1 is 1.24 bits per heavy atom. The maximum absolute atomic E-state index is 13.8. The van der Waals surface area contributed by atoms with E-state index in [1.54, 1.807) is 52.2 Å². The smallest absolute Gasteiger partial charge is 0.338 e. The third-order valence-corrected chi connectivity index (χ3v) is 7.13. The van der Waals surface area contributed by atoms with Gasteiger partial charge in [0, 0.05) is 10.0 Å². The second-order valence-electron chi connectivity index (χ2n) is 8.58. The number of esters is 1. The zero-order valence-electron chi connectivity index (χ0n) is 21.1. The summed E-state index contributed by atoms with van der Waals surface area (Å²) in [6.07, 6.45) is 1.36. The average Bonchev–Trinajstić information content (AvgIpc) is 3.14. The van der Waals surface area contributed by atoms with Crippen LogP contribution in [0.5, 0.6) is 17.2 Å². The molecule has 2 heterocycles. The third-order valence-electron chi connectivity index (χ3n) is 5.65. The normalized spacial score (nSPS) is 15.4. The van der Waals surface area contributed by atoms with Crippen LogP contribution in [0.15, 0.2) is 61.9 Å². The Balaban J connectivity index is 1.97. The van der Waals surface area contributed by atoms with Crippen LogP contribution in [0.1, 0.15) is 44.9 Å². The number of rotatable bonds is 7. The fourth-order valence-corrected chi connectivity index (χ4v) is 5.54. The van der Waals surface area contributed by atoms with Gasteiger partial charge in [-0.05, 0) is 69.7 Å². The van der Waals surface area contributed by atoms with Crippen molar-refractivity contribution in [1.29, 1.82) is 0 Å². The Morgan fingerprint density at radius 2 is 2.00 bits per heavy atom. The van der Waals surface area contributed by atoms with E-state index in [9.17, 15) is 14.7 Å². The van der Waals surface area contributed by atoms with E-state index in [4.69, 9.17) is 14.2 Å². The number of aromatic nitrogens is 1. The lowest BCUT2D eigenvalue weighted by Gasteiger charge is -2.26. The van der Waals surface area contributed by atoms with Crippen molar-refractivity contribution in [2.45, 2.75) is 39.8 Å². The molecule has 0 fully saturated rings. The van der Waals surface area contributed by atoms with Crippen LogP contribution < -0.4 is 24.4 Å². The van der Waals surface area contributed by atoms with Gasteiger partial charge in [-0.25, -0.2) is 9.79 Å². The minimum absolute atomic E-state index is 0.0196. The topological polar surface area (TPSA) is 99.4 Å². The Kier molecular flexibility index (Phi) is 7.89. The molecule has 3 aromatic rings. The largest absolute Gasteiger partial charge is 0.504 e. The van der Waals surface area contributed by atoms with E-state index in [-0.39, 0.29) is 23.0 Å². The number of carbonyl (C=O) groups is 1. The van der Waals surface area contributed by atoms with Crippen LogP contribution in [0.4, 0.5) is 0 Å². The van der Waals surface area contributed by atoms with Gasteiger partial charge < -0.3 is 19.3 Å². The van der Waals surface area contributed by atoms with E-state index in [1.807, 2.05) is 19.1 Å². The molecule has 0 saturated carbocycles. The van der Waals surface area contributed by atoms with Crippen molar-refractivity contribution in [3.8, 4) is 17.2 Å². The predicted molar refractivity (Wildman–Crippen MR) is 145 cm³/mol. The molecule has 1 N–H and O–H groups in total. The standard InChI is InChI=1S/C27H27BrN2O6S/c1-6-35-21-11-16(7-9-19(21)31)12-22-25(32)30-24(18-13-17(28)8-10-20(18)34-5)23(26(33)36-14(2)3)15(4)29-27(30)37-22/h7-14,24,31H,6H2,1-5H3/b22-12-/t24-/m0/s1. The highest BCUT2D eigenvalue weighted by Crippen LogP contribution is 2.37. The maximum atomic E-state index is 13.8. The van der Waals surface area contributed by atoms with Crippen LogP contribution in [-0.4, -0.2) is 35.5 Å².